The molecule has 19 heavy (non-hydrogen) atoms. The maximum Gasteiger partial charge on any atom is 0.0500 e. The molecule has 1 heterocycles. The molecular formula is C17H16N2. The Morgan fingerprint density at radius 1 is 0.947 bits per heavy atom. The van der Waals surface area contributed by atoms with E-state index in [0.717, 1.165) is 5.69 Å². The fourth-order valence-electron chi connectivity index (χ4n) is 2.24. The molecule has 0 aliphatic heterocycles. The summed E-state index contributed by atoms with van der Waals surface area (Å²) in [5, 5.41) is 6.03. The van der Waals surface area contributed by atoms with Crippen molar-refractivity contribution in [2.24, 2.45) is 0 Å². The van der Waals surface area contributed by atoms with E-state index in [1.165, 1.54) is 16.3 Å². The molecule has 0 saturated heterocycles. The van der Waals surface area contributed by atoms with Crippen LogP contribution in [0.25, 0.3) is 10.8 Å². The highest BCUT2D eigenvalue weighted by molar-refractivity contribution is 5.85. The molecule has 1 atom stereocenters. The topological polar surface area (TPSA) is 24.9 Å². The van der Waals surface area contributed by atoms with Crippen LogP contribution < -0.4 is 5.32 Å². The highest BCUT2D eigenvalue weighted by Crippen LogP contribution is 2.22. The third-order valence-corrected chi connectivity index (χ3v) is 3.32. The van der Waals surface area contributed by atoms with Crippen molar-refractivity contribution >= 4 is 16.5 Å². The number of benzene rings is 2. The van der Waals surface area contributed by atoms with Gasteiger partial charge in [-0.15, -0.1) is 0 Å². The Balaban J connectivity index is 1.85. The van der Waals surface area contributed by atoms with Crippen LogP contribution in [-0.2, 0) is 0 Å². The first-order valence-electron chi connectivity index (χ1n) is 6.48. The molecule has 2 nitrogen and oxygen atoms in total. The molecule has 1 N–H and O–H groups in total. The van der Waals surface area contributed by atoms with Gasteiger partial charge in [-0.1, -0.05) is 36.4 Å². The first kappa shape index (κ1) is 11.7. The minimum Gasteiger partial charge on any atom is -0.378 e. The minimum atomic E-state index is 0.245. The number of aromatic nitrogens is 1. The highest BCUT2D eigenvalue weighted by atomic mass is 14.9. The Morgan fingerprint density at radius 2 is 1.79 bits per heavy atom. The molecule has 0 aliphatic carbocycles. The fourth-order valence-corrected chi connectivity index (χ4v) is 2.24. The summed E-state index contributed by atoms with van der Waals surface area (Å²) in [5.74, 6) is 0. The molecule has 0 radical (unpaired) electrons. The molecule has 0 bridgehead atoms. The van der Waals surface area contributed by atoms with Gasteiger partial charge in [0, 0.05) is 18.1 Å². The van der Waals surface area contributed by atoms with Crippen LogP contribution in [0, 0.1) is 0 Å². The van der Waals surface area contributed by atoms with Gasteiger partial charge >= 0.3 is 0 Å². The zero-order chi connectivity index (χ0) is 13.1. The van der Waals surface area contributed by atoms with Crippen LogP contribution >= 0.6 is 0 Å². The molecule has 0 spiro atoms. The number of rotatable bonds is 3. The van der Waals surface area contributed by atoms with Crippen molar-refractivity contribution in [3.63, 3.8) is 0 Å². The van der Waals surface area contributed by atoms with Crippen molar-refractivity contribution in [1.82, 2.24) is 4.98 Å². The van der Waals surface area contributed by atoms with Gasteiger partial charge in [0.25, 0.3) is 0 Å². The van der Waals surface area contributed by atoms with Gasteiger partial charge in [0.15, 0.2) is 0 Å². The molecule has 0 aliphatic rings. The van der Waals surface area contributed by atoms with Gasteiger partial charge in [-0.3, -0.25) is 4.98 Å². The van der Waals surface area contributed by atoms with Crippen LogP contribution in [0.5, 0.6) is 0 Å². The molecule has 3 aromatic rings. The first-order chi connectivity index (χ1) is 9.33. The Hall–Kier alpha value is -2.35. The zero-order valence-corrected chi connectivity index (χ0v) is 10.9. The lowest BCUT2D eigenvalue weighted by molar-refractivity contribution is 0.876. The van der Waals surface area contributed by atoms with Gasteiger partial charge in [-0.2, -0.15) is 0 Å². The summed E-state index contributed by atoms with van der Waals surface area (Å²) in [6, 6.07) is 19.1. The number of nitrogens with zero attached hydrogens (tertiary/aromatic N) is 1. The quantitative estimate of drug-likeness (QED) is 0.742. The lowest BCUT2D eigenvalue weighted by atomic mass is 10.1. The molecule has 0 amide bonds. The van der Waals surface area contributed by atoms with Crippen molar-refractivity contribution in [2.75, 3.05) is 5.32 Å². The molecule has 0 fully saturated rings. The average Bonchev–Trinajstić information content (AvgIpc) is 2.48. The van der Waals surface area contributed by atoms with Crippen molar-refractivity contribution in [3.05, 3.63) is 72.6 Å². The first-order valence-corrected chi connectivity index (χ1v) is 6.48. The standard InChI is InChI=1S/C17H16N2/c1-13(16-7-4-10-18-12-16)19-17-9-8-14-5-2-3-6-15(14)11-17/h2-13,19H,1H3. The van der Waals surface area contributed by atoms with E-state index in [1.807, 2.05) is 12.3 Å². The zero-order valence-electron chi connectivity index (χ0n) is 10.9. The summed E-state index contributed by atoms with van der Waals surface area (Å²) in [7, 11) is 0. The summed E-state index contributed by atoms with van der Waals surface area (Å²) in [6.45, 7) is 2.15. The van der Waals surface area contributed by atoms with Gasteiger partial charge < -0.3 is 5.32 Å². The van der Waals surface area contributed by atoms with E-state index in [-0.39, 0.29) is 6.04 Å². The molecule has 1 unspecified atom stereocenters. The third-order valence-electron chi connectivity index (χ3n) is 3.32. The second kappa shape index (κ2) is 5.11. The second-order valence-corrected chi connectivity index (χ2v) is 4.71. The predicted molar refractivity (Wildman–Crippen MR) is 80.2 cm³/mol. The predicted octanol–water partition coefficient (Wildman–Crippen LogP) is 4.41. The van der Waals surface area contributed by atoms with Crippen LogP contribution in [0.3, 0.4) is 0 Å². The van der Waals surface area contributed by atoms with E-state index >= 15 is 0 Å². The Bertz CT molecular complexity index is 677. The largest absolute Gasteiger partial charge is 0.378 e. The molecule has 2 heteroatoms. The molecule has 0 saturated carbocycles. The number of pyridine rings is 1. The normalized spacial score (nSPS) is 12.3. The van der Waals surface area contributed by atoms with Crippen LogP contribution in [0.2, 0.25) is 0 Å². The summed E-state index contributed by atoms with van der Waals surface area (Å²) in [5.41, 5.74) is 2.32. The summed E-state index contributed by atoms with van der Waals surface area (Å²) in [4.78, 5) is 4.16. The lowest BCUT2D eigenvalue weighted by Gasteiger charge is -2.15. The molecule has 3 rings (SSSR count). The van der Waals surface area contributed by atoms with Crippen molar-refractivity contribution in [3.8, 4) is 0 Å². The van der Waals surface area contributed by atoms with Gasteiger partial charge in [-0.05, 0) is 41.5 Å². The SMILES string of the molecule is CC(Nc1ccc2ccccc2c1)c1cccnc1. The van der Waals surface area contributed by atoms with Crippen LogP contribution in [0.15, 0.2) is 67.0 Å². The van der Waals surface area contributed by atoms with Crippen molar-refractivity contribution in [2.45, 2.75) is 13.0 Å². The monoisotopic (exact) mass is 248 g/mol. The van der Waals surface area contributed by atoms with Crippen molar-refractivity contribution < 1.29 is 0 Å². The van der Waals surface area contributed by atoms with Crippen LogP contribution in [-0.4, -0.2) is 4.98 Å². The van der Waals surface area contributed by atoms with Gasteiger partial charge in [0.2, 0.25) is 0 Å². The van der Waals surface area contributed by atoms with Gasteiger partial charge in [0.05, 0.1) is 6.04 Å². The Morgan fingerprint density at radius 3 is 2.58 bits per heavy atom. The maximum atomic E-state index is 4.16. The molecule has 1 aromatic heterocycles. The lowest BCUT2D eigenvalue weighted by Crippen LogP contribution is -2.06. The number of hydrogen-bond donors (Lipinski definition) is 1. The van der Waals surface area contributed by atoms with Crippen LogP contribution in [0.4, 0.5) is 5.69 Å². The number of nitrogens with one attached hydrogen (secondary N) is 1. The molecular weight excluding hydrogens is 232 g/mol. The fraction of sp³-hybridized carbons (Fsp3) is 0.118. The van der Waals surface area contributed by atoms with Crippen molar-refractivity contribution in [1.29, 1.82) is 0 Å². The van der Waals surface area contributed by atoms with E-state index in [2.05, 4.69) is 65.8 Å². The molecule has 94 valence electrons. The van der Waals surface area contributed by atoms with E-state index < -0.39 is 0 Å². The van der Waals surface area contributed by atoms with E-state index in [0.29, 0.717) is 0 Å². The smallest absolute Gasteiger partial charge is 0.0500 e. The van der Waals surface area contributed by atoms with E-state index in [9.17, 15) is 0 Å². The minimum absolute atomic E-state index is 0.245. The third kappa shape index (κ3) is 2.58. The maximum absolute atomic E-state index is 4.16. The number of hydrogen-bond acceptors (Lipinski definition) is 2. The highest BCUT2D eigenvalue weighted by Gasteiger charge is 2.05. The van der Waals surface area contributed by atoms with E-state index in [4.69, 9.17) is 0 Å². The average molecular weight is 248 g/mol. The van der Waals surface area contributed by atoms with Crippen LogP contribution in [0.1, 0.15) is 18.5 Å². The summed E-state index contributed by atoms with van der Waals surface area (Å²) >= 11 is 0. The Kier molecular flexibility index (Phi) is 3.15. The molecule has 2 aromatic carbocycles. The van der Waals surface area contributed by atoms with Gasteiger partial charge in [-0.25, -0.2) is 0 Å². The van der Waals surface area contributed by atoms with Gasteiger partial charge in [0.1, 0.15) is 0 Å². The van der Waals surface area contributed by atoms with E-state index in [1.54, 1.807) is 6.20 Å². The summed E-state index contributed by atoms with van der Waals surface area (Å²) < 4.78 is 0. The number of fused-ring (bicyclic) bond motifs is 1. The summed E-state index contributed by atoms with van der Waals surface area (Å²) in [6.07, 6.45) is 3.70. The second-order valence-electron chi connectivity index (χ2n) is 4.71. The number of anilines is 1. The Labute approximate surface area is 113 Å².